The number of carbonyl (C=O) groups is 1. The van der Waals surface area contributed by atoms with E-state index in [0.717, 1.165) is 6.20 Å². The number of alkyl halides is 2. The van der Waals surface area contributed by atoms with Gasteiger partial charge in [0.05, 0.1) is 11.1 Å². The average Bonchev–Trinajstić information content (AvgIpc) is 2.02. The van der Waals surface area contributed by atoms with E-state index in [-0.39, 0.29) is 20.2 Å². The Morgan fingerprint density at radius 1 is 1.50 bits per heavy atom. The van der Waals surface area contributed by atoms with E-state index in [1.807, 2.05) is 0 Å². The van der Waals surface area contributed by atoms with Gasteiger partial charge in [0.15, 0.2) is 0 Å². The molecular weight excluding hydrogens is 347 g/mol. The Kier molecular flexibility index (Phi) is 3.97. The van der Waals surface area contributed by atoms with Gasteiger partial charge in [-0.3, -0.25) is 4.79 Å². The summed E-state index contributed by atoms with van der Waals surface area (Å²) in [6, 6.07) is 0. The highest BCUT2D eigenvalue weighted by molar-refractivity contribution is 9.11. The molecule has 0 aliphatic heterocycles. The Balaban J connectivity index is 3.41. The monoisotopic (exact) mass is 347 g/mol. The van der Waals surface area contributed by atoms with Gasteiger partial charge >= 0.3 is 0 Å². The average molecular weight is 349 g/mol. The molecule has 1 aromatic rings. The van der Waals surface area contributed by atoms with Gasteiger partial charge in [0, 0.05) is 10.7 Å². The van der Waals surface area contributed by atoms with Gasteiger partial charge in [-0.25, -0.2) is 13.8 Å². The van der Waals surface area contributed by atoms with E-state index in [9.17, 15) is 13.6 Å². The Labute approximate surface area is 99.9 Å². The summed E-state index contributed by atoms with van der Waals surface area (Å²) in [6.07, 6.45) is -1.61. The molecule has 0 aliphatic rings. The number of pyridine rings is 1. The highest BCUT2D eigenvalue weighted by atomic mass is 79.9. The van der Waals surface area contributed by atoms with Crippen molar-refractivity contribution < 1.29 is 13.6 Å². The lowest BCUT2D eigenvalue weighted by Gasteiger charge is -2.07. The van der Waals surface area contributed by atoms with Crippen molar-refractivity contribution in [3.8, 4) is 0 Å². The van der Waals surface area contributed by atoms with E-state index in [4.69, 9.17) is 11.6 Å². The Bertz CT molecular complexity index is 386. The molecule has 0 aromatic carbocycles. The molecule has 1 heterocycles. The van der Waals surface area contributed by atoms with Crippen molar-refractivity contribution in [3.63, 3.8) is 0 Å². The quantitative estimate of drug-likeness (QED) is 0.598. The molecule has 76 valence electrons. The molecule has 0 fully saturated rings. The molecule has 0 atom stereocenters. The van der Waals surface area contributed by atoms with Crippen LogP contribution in [0.1, 0.15) is 22.3 Å². The van der Waals surface area contributed by atoms with Gasteiger partial charge in [-0.15, -0.1) is 0 Å². The van der Waals surface area contributed by atoms with Crippen LogP contribution in [0.3, 0.4) is 0 Å². The fourth-order valence-electron chi connectivity index (χ4n) is 0.806. The second-order valence-corrected chi connectivity index (χ2v) is 4.15. The van der Waals surface area contributed by atoms with Gasteiger partial charge in [0.2, 0.25) is 0 Å². The summed E-state index contributed by atoms with van der Waals surface area (Å²) in [5.41, 5.74) is -0.457. The molecule has 0 N–H and O–H groups in total. The third-order valence-electron chi connectivity index (χ3n) is 1.43. The molecular formula is C7H2Br2ClF2NO. The molecule has 0 saturated heterocycles. The van der Waals surface area contributed by atoms with Crippen LogP contribution in [-0.2, 0) is 0 Å². The number of aromatic nitrogens is 1. The molecule has 0 aliphatic carbocycles. The van der Waals surface area contributed by atoms with Crippen LogP contribution in [0, 0.1) is 0 Å². The van der Waals surface area contributed by atoms with E-state index in [2.05, 4.69) is 36.8 Å². The van der Waals surface area contributed by atoms with Crippen LogP contribution in [0.4, 0.5) is 8.78 Å². The maximum atomic E-state index is 12.5. The lowest BCUT2D eigenvalue weighted by molar-refractivity contribution is 0.107. The summed E-state index contributed by atoms with van der Waals surface area (Å²) in [5, 5.41) is -0.834. The highest BCUT2D eigenvalue weighted by Crippen LogP contribution is 2.35. The topological polar surface area (TPSA) is 30.0 Å². The summed E-state index contributed by atoms with van der Waals surface area (Å²) in [7, 11) is 0. The van der Waals surface area contributed by atoms with Gasteiger partial charge in [0.1, 0.15) is 4.60 Å². The normalized spacial score (nSPS) is 10.7. The summed E-state index contributed by atoms with van der Waals surface area (Å²) in [4.78, 5) is 14.4. The zero-order valence-electron chi connectivity index (χ0n) is 6.40. The Morgan fingerprint density at radius 3 is 2.50 bits per heavy atom. The molecule has 2 nitrogen and oxygen atoms in total. The molecule has 0 unspecified atom stereocenters. The number of carbonyl (C=O) groups excluding carboxylic acids is 1. The molecule has 0 bridgehead atoms. The number of halogens is 5. The fourth-order valence-corrected chi connectivity index (χ4v) is 2.45. The minimum atomic E-state index is -2.73. The summed E-state index contributed by atoms with van der Waals surface area (Å²) >= 11 is 10.9. The molecule has 14 heavy (non-hydrogen) atoms. The highest BCUT2D eigenvalue weighted by Gasteiger charge is 2.21. The number of hydrogen-bond acceptors (Lipinski definition) is 2. The second kappa shape index (κ2) is 4.63. The third kappa shape index (κ3) is 2.29. The summed E-state index contributed by atoms with van der Waals surface area (Å²) in [6.45, 7) is 0. The van der Waals surface area contributed by atoms with Crippen molar-refractivity contribution in [1.29, 1.82) is 0 Å². The molecule has 0 radical (unpaired) electrons. The van der Waals surface area contributed by atoms with Crippen LogP contribution in [-0.4, -0.2) is 10.2 Å². The van der Waals surface area contributed by atoms with Crippen molar-refractivity contribution >= 4 is 48.7 Å². The first kappa shape index (κ1) is 12.0. The van der Waals surface area contributed by atoms with Gasteiger partial charge in [0.25, 0.3) is 11.7 Å². The fraction of sp³-hybridized carbons (Fsp3) is 0.143. The molecule has 0 spiro atoms. The largest absolute Gasteiger partial charge is 0.276 e. The van der Waals surface area contributed by atoms with Crippen molar-refractivity contribution in [1.82, 2.24) is 4.98 Å². The molecule has 7 heteroatoms. The lowest BCUT2D eigenvalue weighted by atomic mass is 10.2. The first-order valence-electron chi connectivity index (χ1n) is 3.27. The number of nitrogens with zero attached hydrogens (tertiary/aromatic N) is 1. The maximum Gasteiger partial charge on any atom is 0.267 e. The zero-order chi connectivity index (χ0) is 10.9. The second-order valence-electron chi connectivity index (χ2n) is 2.26. The summed E-state index contributed by atoms with van der Waals surface area (Å²) < 4.78 is 24.9. The van der Waals surface area contributed by atoms with Gasteiger partial charge in [-0.1, -0.05) is 0 Å². The summed E-state index contributed by atoms with van der Waals surface area (Å²) in [5.74, 6) is 0. The van der Waals surface area contributed by atoms with Crippen molar-refractivity contribution in [2.75, 3.05) is 0 Å². The Morgan fingerprint density at radius 2 is 2.07 bits per heavy atom. The SMILES string of the molecule is O=C(Cl)c1cnc(Br)c(C(F)F)c1Br. The standard InChI is InChI=1S/C7H2Br2ClF2NO/c8-4-2(6(10)14)1-13-5(9)3(4)7(11)12/h1,7H. The van der Waals surface area contributed by atoms with E-state index in [1.54, 1.807) is 0 Å². The van der Waals surface area contributed by atoms with E-state index in [0.29, 0.717) is 0 Å². The van der Waals surface area contributed by atoms with E-state index in [1.165, 1.54) is 0 Å². The molecule has 0 saturated carbocycles. The van der Waals surface area contributed by atoms with Gasteiger partial charge < -0.3 is 0 Å². The molecule has 1 rings (SSSR count). The smallest absolute Gasteiger partial charge is 0.267 e. The molecule has 1 aromatic heterocycles. The first-order valence-corrected chi connectivity index (χ1v) is 5.23. The van der Waals surface area contributed by atoms with Crippen LogP contribution in [0.15, 0.2) is 15.3 Å². The van der Waals surface area contributed by atoms with E-state index < -0.39 is 11.7 Å². The maximum absolute atomic E-state index is 12.5. The lowest BCUT2D eigenvalue weighted by Crippen LogP contribution is -1.99. The van der Waals surface area contributed by atoms with Crippen LogP contribution in [0.25, 0.3) is 0 Å². The van der Waals surface area contributed by atoms with Crippen LogP contribution in [0.2, 0.25) is 0 Å². The van der Waals surface area contributed by atoms with E-state index >= 15 is 0 Å². The van der Waals surface area contributed by atoms with Gasteiger partial charge in [-0.2, -0.15) is 0 Å². The van der Waals surface area contributed by atoms with Crippen LogP contribution in [0.5, 0.6) is 0 Å². The van der Waals surface area contributed by atoms with Crippen molar-refractivity contribution in [2.45, 2.75) is 6.43 Å². The van der Waals surface area contributed by atoms with Crippen LogP contribution >= 0.6 is 43.5 Å². The minimum absolute atomic E-state index is 0.0129. The molecule has 0 amide bonds. The number of hydrogen-bond donors (Lipinski definition) is 0. The third-order valence-corrected chi connectivity index (χ3v) is 3.12. The predicted octanol–water partition coefficient (Wildman–Crippen LogP) is 3.92. The first-order chi connectivity index (χ1) is 6.45. The van der Waals surface area contributed by atoms with Gasteiger partial charge in [-0.05, 0) is 43.5 Å². The number of rotatable bonds is 2. The zero-order valence-corrected chi connectivity index (χ0v) is 10.3. The predicted molar refractivity (Wildman–Crippen MR) is 54.8 cm³/mol. The Hall–Kier alpha value is -0.0700. The van der Waals surface area contributed by atoms with Crippen molar-refractivity contribution in [3.05, 3.63) is 26.4 Å². The van der Waals surface area contributed by atoms with Crippen LogP contribution < -0.4 is 0 Å². The van der Waals surface area contributed by atoms with Crippen molar-refractivity contribution in [2.24, 2.45) is 0 Å². The minimum Gasteiger partial charge on any atom is -0.276 e.